The molecule has 0 saturated carbocycles. The Morgan fingerprint density at radius 3 is 1.22 bits per heavy atom. The normalized spacial score (nSPS) is 11.0. The van der Waals surface area contributed by atoms with E-state index in [0.717, 1.165) is 25.9 Å². The van der Waals surface area contributed by atoms with Crippen LogP contribution in [0.15, 0.2) is 0 Å². The molecule has 0 amide bonds. The molecule has 0 spiro atoms. The lowest BCUT2D eigenvalue weighted by Gasteiger charge is -2.34. The van der Waals surface area contributed by atoms with E-state index in [0.29, 0.717) is 0 Å². The van der Waals surface area contributed by atoms with E-state index in [1.165, 1.54) is 12.1 Å². The predicted molar refractivity (Wildman–Crippen MR) is 93.2 cm³/mol. The maximum atomic E-state index is 6.40. The van der Waals surface area contributed by atoms with Gasteiger partial charge in [-0.2, -0.15) is 0 Å². The van der Waals surface area contributed by atoms with Crippen molar-refractivity contribution in [2.24, 2.45) is 11.5 Å². The summed E-state index contributed by atoms with van der Waals surface area (Å²) in [5, 5.41) is 0. The van der Waals surface area contributed by atoms with Gasteiger partial charge in [0.15, 0.2) is 16.6 Å². The quantitative estimate of drug-likeness (QED) is 0.665. The highest BCUT2D eigenvalue weighted by Gasteiger charge is 2.31. The van der Waals surface area contributed by atoms with Crippen LogP contribution in [0.5, 0.6) is 0 Å². The van der Waals surface area contributed by atoms with Gasteiger partial charge < -0.3 is 15.6 Å². The highest BCUT2D eigenvalue weighted by atomic mass is 28.4. The molecular formula is C13H40N2OSi2. The molecule has 0 aliphatic rings. The minimum absolute atomic E-state index is 0. The Kier molecular flexibility index (Phi) is 18.4. The van der Waals surface area contributed by atoms with E-state index in [-0.39, 0.29) is 22.3 Å². The molecule has 0 aliphatic carbocycles. The minimum Gasteiger partial charge on any atom is -0.455 e. The highest BCUT2D eigenvalue weighted by molar-refractivity contribution is 6.84. The number of hydrogen-bond donors (Lipinski definition) is 2. The summed E-state index contributed by atoms with van der Waals surface area (Å²) in [6.45, 7) is 10.8. The summed E-state index contributed by atoms with van der Waals surface area (Å²) in [5.74, 6) is 0. The molecule has 0 aromatic heterocycles. The summed E-state index contributed by atoms with van der Waals surface area (Å²) < 4.78 is 6.40. The second kappa shape index (κ2) is 12.4. The second-order valence-electron chi connectivity index (χ2n) is 5.41. The van der Waals surface area contributed by atoms with Crippen molar-refractivity contribution in [1.82, 2.24) is 0 Å². The van der Waals surface area contributed by atoms with E-state index >= 15 is 0 Å². The number of nitrogens with two attached hydrogens (primary N) is 2. The summed E-state index contributed by atoms with van der Waals surface area (Å²) in [5.41, 5.74) is 11.1. The SMILES string of the molecule is C.C.C.C[Si](C)(CCCN)O[Si](C)(C)CCCN. The zero-order valence-corrected chi connectivity index (χ0v) is 12.8. The van der Waals surface area contributed by atoms with Crippen LogP contribution >= 0.6 is 0 Å². The summed E-state index contributed by atoms with van der Waals surface area (Å²) >= 11 is 0. The lowest BCUT2D eigenvalue weighted by Crippen LogP contribution is -2.44. The minimum atomic E-state index is -1.47. The predicted octanol–water partition coefficient (Wildman–Crippen LogP) is 4.02. The molecular weight excluding hydrogens is 256 g/mol. The van der Waals surface area contributed by atoms with Crippen LogP contribution in [0.1, 0.15) is 35.1 Å². The number of hydrogen-bond acceptors (Lipinski definition) is 3. The van der Waals surface area contributed by atoms with Crippen molar-refractivity contribution in [2.45, 2.75) is 73.4 Å². The Bertz CT molecular complexity index is 158. The van der Waals surface area contributed by atoms with Crippen LogP contribution in [0.25, 0.3) is 0 Å². The van der Waals surface area contributed by atoms with Crippen molar-refractivity contribution in [1.29, 1.82) is 0 Å². The average Bonchev–Trinajstić information content (AvgIpc) is 2.10. The Balaban J connectivity index is -0.000000327. The lowest BCUT2D eigenvalue weighted by atomic mass is 10.5. The molecule has 0 bridgehead atoms. The molecule has 0 atom stereocenters. The van der Waals surface area contributed by atoms with Crippen LogP contribution in [0.3, 0.4) is 0 Å². The van der Waals surface area contributed by atoms with Crippen LogP contribution in [0.2, 0.25) is 38.3 Å². The van der Waals surface area contributed by atoms with E-state index in [2.05, 4.69) is 26.2 Å². The van der Waals surface area contributed by atoms with Crippen molar-refractivity contribution in [3.63, 3.8) is 0 Å². The molecule has 3 nitrogen and oxygen atoms in total. The molecule has 0 aromatic rings. The zero-order chi connectivity index (χ0) is 11.9. The fourth-order valence-corrected chi connectivity index (χ4v) is 10.8. The van der Waals surface area contributed by atoms with Gasteiger partial charge in [0, 0.05) is 0 Å². The average molecular weight is 297 g/mol. The van der Waals surface area contributed by atoms with Gasteiger partial charge in [0.2, 0.25) is 0 Å². The molecule has 5 heteroatoms. The highest BCUT2D eigenvalue weighted by Crippen LogP contribution is 2.23. The third-order valence-corrected chi connectivity index (χ3v) is 10.1. The topological polar surface area (TPSA) is 61.3 Å². The molecule has 0 unspecified atom stereocenters. The molecule has 0 radical (unpaired) electrons. The molecule has 4 N–H and O–H groups in total. The van der Waals surface area contributed by atoms with E-state index in [1.807, 2.05) is 0 Å². The molecule has 0 aliphatic heterocycles. The first-order valence-corrected chi connectivity index (χ1v) is 12.2. The van der Waals surface area contributed by atoms with E-state index in [9.17, 15) is 0 Å². The first-order chi connectivity index (χ1) is 6.83. The van der Waals surface area contributed by atoms with E-state index in [1.54, 1.807) is 0 Å². The Labute approximate surface area is 119 Å². The van der Waals surface area contributed by atoms with Crippen LogP contribution in [0, 0.1) is 0 Å². The molecule has 0 saturated heterocycles. The molecule has 0 fully saturated rings. The van der Waals surface area contributed by atoms with Gasteiger partial charge in [0.25, 0.3) is 0 Å². The monoisotopic (exact) mass is 296 g/mol. The van der Waals surface area contributed by atoms with Gasteiger partial charge in [0.05, 0.1) is 0 Å². The van der Waals surface area contributed by atoms with Crippen LogP contribution in [-0.4, -0.2) is 29.7 Å². The summed E-state index contributed by atoms with van der Waals surface area (Å²) in [6.07, 6.45) is 2.20. The first kappa shape index (κ1) is 26.8. The third kappa shape index (κ3) is 14.4. The van der Waals surface area contributed by atoms with Gasteiger partial charge in [0.1, 0.15) is 0 Å². The van der Waals surface area contributed by atoms with E-state index < -0.39 is 16.6 Å². The first-order valence-electron chi connectivity index (χ1n) is 5.93. The van der Waals surface area contributed by atoms with Crippen LogP contribution in [-0.2, 0) is 4.12 Å². The van der Waals surface area contributed by atoms with Crippen LogP contribution < -0.4 is 11.5 Å². The van der Waals surface area contributed by atoms with Crippen molar-refractivity contribution < 1.29 is 4.12 Å². The Morgan fingerprint density at radius 2 is 1.00 bits per heavy atom. The zero-order valence-electron chi connectivity index (χ0n) is 10.8. The maximum absolute atomic E-state index is 6.40. The third-order valence-electron chi connectivity index (χ3n) is 2.52. The molecule has 116 valence electrons. The van der Waals surface area contributed by atoms with E-state index in [4.69, 9.17) is 15.6 Å². The largest absolute Gasteiger partial charge is 0.455 e. The fourth-order valence-electron chi connectivity index (χ4n) is 1.91. The maximum Gasteiger partial charge on any atom is 0.173 e. The van der Waals surface area contributed by atoms with Crippen molar-refractivity contribution in [3.05, 3.63) is 0 Å². The van der Waals surface area contributed by atoms with Crippen molar-refractivity contribution >= 4 is 16.6 Å². The van der Waals surface area contributed by atoms with Gasteiger partial charge >= 0.3 is 0 Å². The second-order valence-corrected chi connectivity index (χ2v) is 14.3. The Hall–Kier alpha value is 0.314. The van der Waals surface area contributed by atoms with Crippen molar-refractivity contribution in [3.8, 4) is 0 Å². The smallest absolute Gasteiger partial charge is 0.173 e. The Morgan fingerprint density at radius 1 is 0.722 bits per heavy atom. The van der Waals surface area contributed by atoms with Gasteiger partial charge in [-0.05, 0) is 64.2 Å². The van der Waals surface area contributed by atoms with Gasteiger partial charge in [-0.15, -0.1) is 0 Å². The molecule has 0 heterocycles. The van der Waals surface area contributed by atoms with Gasteiger partial charge in [-0.25, -0.2) is 0 Å². The summed E-state index contributed by atoms with van der Waals surface area (Å²) in [7, 11) is -2.94. The van der Waals surface area contributed by atoms with Crippen LogP contribution in [0.4, 0.5) is 0 Å². The molecule has 0 aromatic carbocycles. The lowest BCUT2D eigenvalue weighted by molar-refractivity contribution is 0.531. The standard InChI is InChI=1S/C10H28N2OSi2.3CH4/c1-14(2,9-5-7-11)13-15(3,4)10-6-8-12;;;/h5-12H2,1-4H3;3*1H4. The molecule has 0 rings (SSSR count). The summed E-state index contributed by atoms with van der Waals surface area (Å²) in [4.78, 5) is 0. The van der Waals surface area contributed by atoms with Gasteiger partial charge in [-0.1, -0.05) is 22.3 Å². The van der Waals surface area contributed by atoms with Crippen molar-refractivity contribution in [2.75, 3.05) is 13.1 Å². The number of rotatable bonds is 8. The van der Waals surface area contributed by atoms with Gasteiger partial charge in [-0.3, -0.25) is 0 Å². The molecule has 18 heavy (non-hydrogen) atoms. The summed E-state index contributed by atoms with van der Waals surface area (Å²) in [6, 6.07) is 2.37. The fraction of sp³-hybridized carbons (Fsp3) is 1.00.